The van der Waals surface area contributed by atoms with Crippen molar-refractivity contribution in [3.05, 3.63) is 11.4 Å². The first-order chi connectivity index (χ1) is 9.20. The Balaban J connectivity index is 1.85. The fourth-order valence-electron chi connectivity index (χ4n) is 2.09. The highest BCUT2D eigenvalue weighted by molar-refractivity contribution is 7.16. The summed E-state index contributed by atoms with van der Waals surface area (Å²) in [5.41, 5.74) is -0.799. The van der Waals surface area contributed by atoms with Crippen LogP contribution in [-0.4, -0.2) is 47.5 Å². The van der Waals surface area contributed by atoms with Gasteiger partial charge in [-0.25, -0.2) is 4.98 Å². The van der Waals surface area contributed by atoms with Crippen molar-refractivity contribution in [2.24, 2.45) is 0 Å². The van der Waals surface area contributed by atoms with Gasteiger partial charge in [0.15, 0.2) is 0 Å². The minimum absolute atomic E-state index is 0.372. The van der Waals surface area contributed by atoms with Crippen molar-refractivity contribution in [2.75, 3.05) is 37.4 Å². The molecule has 1 atom stereocenters. The van der Waals surface area contributed by atoms with Crippen LogP contribution in [0.25, 0.3) is 10.2 Å². The van der Waals surface area contributed by atoms with Crippen LogP contribution in [-0.2, 0) is 4.74 Å². The second kappa shape index (κ2) is 4.92. The summed E-state index contributed by atoms with van der Waals surface area (Å²) in [5, 5.41) is 19.4. The number of nitrogens with one attached hydrogen (secondary N) is 2. The van der Waals surface area contributed by atoms with Crippen molar-refractivity contribution in [3.63, 3.8) is 0 Å². The van der Waals surface area contributed by atoms with Crippen LogP contribution in [0.5, 0.6) is 0 Å². The van der Waals surface area contributed by atoms with E-state index in [-0.39, 0.29) is 0 Å². The lowest BCUT2D eigenvalue weighted by molar-refractivity contribution is 0.0381. The van der Waals surface area contributed by atoms with Crippen molar-refractivity contribution >= 4 is 33.3 Å². The molecule has 3 heterocycles. The largest absolute Gasteiger partial charge is 0.386 e. The topological polar surface area (TPSA) is 79.3 Å². The predicted octanol–water partition coefficient (Wildman–Crippen LogP) is 1.30. The Bertz CT molecular complexity index is 580. The van der Waals surface area contributed by atoms with Crippen LogP contribution in [0, 0.1) is 0 Å². The summed E-state index contributed by atoms with van der Waals surface area (Å²) in [6, 6.07) is 1.98. The zero-order valence-corrected chi connectivity index (χ0v) is 11.5. The first-order valence-electron chi connectivity index (χ1n) is 6.17. The SMILES string of the molecule is CNc1nc(NCC2(O)CCOC2)c2ccsc2n1. The Hall–Kier alpha value is -1.44. The van der Waals surface area contributed by atoms with Crippen LogP contribution < -0.4 is 10.6 Å². The summed E-state index contributed by atoms with van der Waals surface area (Å²) in [7, 11) is 1.79. The van der Waals surface area contributed by atoms with Gasteiger partial charge in [-0.2, -0.15) is 4.98 Å². The number of anilines is 2. The van der Waals surface area contributed by atoms with Crippen molar-refractivity contribution in [3.8, 4) is 0 Å². The van der Waals surface area contributed by atoms with Gasteiger partial charge in [0, 0.05) is 26.6 Å². The molecule has 1 aliphatic heterocycles. The Morgan fingerprint density at radius 1 is 1.53 bits per heavy atom. The van der Waals surface area contributed by atoms with Gasteiger partial charge in [-0.15, -0.1) is 11.3 Å². The first-order valence-corrected chi connectivity index (χ1v) is 7.05. The number of aliphatic hydroxyl groups is 1. The molecule has 0 aliphatic carbocycles. The van der Waals surface area contributed by atoms with E-state index >= 15 is 0 Å². The summed E-state index contributed by atoms with van der Waals surface area (Å²) in [6.45, 7) is 1.41. The van der Waals surface area contributed by atoms with Crippen molar-refractivity contribution in [1.29, 1.82) is 0 Å². The monoisotopic (exact) mass is 280 g/mol. The van der Waals surface area contributed by atoms with Crippen LogP contribution in [0.2, 0.25) is 0 Å². The van der Waals surface area contributed by atoms with Crippen molar-refractivity contribution < 1.29 is 9.84 Å². The van der Waals surface area contributed by atoms with Gasteiger partial charge in [-0.05, 0) is 11.4 Å². The molecule has 1 aliphatic rings. The number of hydrogen-bond acceptors (Lipinski definition) is 7. The zero-order chi connectivity index (χ0) is 13.3. The Labute approximate surface area is 114 Å². The van der Waals surface area contributed by atoms with E-state index in [1.54, 1.807) is 18.4 Å². The fourth-order valence-corrected chi connectivity index (χ4v) is 2.85. The number of thiophene rings is 1. The summed E-state index contributed by atoms with van der Waals surface area (Å²) in [5.74, 6) is 1.32. The van der Waals surface area contributed by atoms with E-state index in [9.17, 15) is 5.11 Å². The zero-order valence-electron chi connectivity index (χ0n) is 10.6. The van der Waals surface area contributed by atoms with Gasteiger partial charge in [0.1, 0.15) is 16.2 Å². The van der Waals surface area contributed by atoms with Gasteiger partial charge in [0.05, 0.1) is 12.0 Å². The van der Waals surface area contributed by atoms with Gasteiger partial charge in [-0.3, -0.25) is 0 Å². The molecule has 3 rings (SSSR count). The molecule has 102 valence electrons. The van der Waals surface area contributed by atoms with E-state index in [1.807, 2.05) is 11.4 Å². The average molecular weight is 280 g/mol. The van der Waals surface area contributed by atoms with Crippen LogP contribution in [0.15, 0.2) is 11.4 Å². The molecular formula is C12H16N4O2S. The highest BCUT2D eigenvalue weighted by Gasteiger charge is 2.32. The van der Waals surface area contributed by atoms with Crippen LogP contribution >= 0.6 is 11.3 Å². The van der Waals surface area contributed by atoms with Crippen molar-refractivity contribution in [1.82, 2.24) is 9.97 Å². The molecular weight excluding hydrogens is 264 g/mol. The third kappa shape index (κ3) is 2.49. The smallest absolute Gasteiger partial charge is 0.225 e. The van der Waals surface area contributed by atoms with Gasteiger partial charge in [0.25, 0.3) is 0 Å². The Morgan fingerprint density at radius 2 is 2.42 bits per heavy atom. The van der Waals surface area contributed by atoms with Crippen LogP contribution in [0.3, 0.4) is 0 Å². The van der Waals surface area contributed by atoms with Crippen LogP contribution in [0.4, 0.5) is 11.8 Å². The van der Waals surface area contributed by atoms with Gasteiger partial charge in [-0.1, -0.05) is 0 Å². The summed E-state index contributed by atoms with van der Waals surface area (Å²) < 4.78 is 5.23. The number of rotatable bonds is 4. The second-order valence-corrected chi connectivity index (χ2v) is 5.56. The minimum Gasteiger partial charge on any atom is -0.386 e. The highest BCUT2D eigenvalue weighted by atomic mass is 32.1. The maximum atomic E-state index is 10.3. The van der Waals surface area contributed by atoms with Crippen molar-refractivity contribution in [2.45, 2.75) is 12.0 Å². The molecule has 0 saturated carbocycles. The van der Waals surface area contributed by atoms with E-state index in [0.29, 0.717) is 32.1 Å². The molecule has 0 aromatic carbocycles. The molecule has 2 aromatic heterocycles. The van der Waals surface area contributed by atoms with E-state index in [2.05, 4.69) is 20.6 Å². The summed E-state index contributed by atoms with van der Waals surface area (Å²) >= 11 is 1.57. The third-order valence-corrected chi connectivity index (χ3v) is 4.02. The second-order valence-electron chi connectivity index (χ2n) is 4.67. The summed E-state index contributed by atoms with van der Waals surface area (Å²) in [4.78, 5) is 9.71. The molecule has 0 spiro atoms. The van der Waals surface area contributed by atoms with Gasteiger partial charge < -0.3 is 20.5 Å². The molecule has 2 aromatic rings. The lowest BCUT2D eigenvalue weighted by Gasteiger charge is -2.21. The molecule has 0 amide bonds. The number of aromatic nitrogens is 2. The average Bonchev–Trinajstić information content (AvgIpc) is 3.04. The van der Waals surface area contributed by atoms with Gasteiger partial charge >= 0.3 is 0 Å². The van der Waals surface area contributed by atoms with Crippen LogP contribution in [0.1, 0.15) is 6.42 Å². The van der Waals surface area contributed by atoms with E-state index in [1.165, 1.54) is 0 Å². The predicted molar refractivity (Wildman–Crippen MR) is 75.8 cm³/mol. The number of nitrogens with zero attached hydrogens (tertiary/aromatic N) is 2. The molecule has 7 heteroatoms. The minimum atomic E-state index is -0.799. The van der Waals surface area contributed by atoms with E-state index in [0.717, 1.165) is 16.0 Å². The molecule has 0 bridgehead atoms. The molecule has 3 N–H and O–H groups in total. The van der Waals surface area contributed by atoms with E-state index in [4.69, 9.17) is 4.74 Å². The number of ether oxygens (including phenoxy) is 1. The Kier molecular flexibility index (Phi) is 3.26. The molecule has 1 fully saturated rings. The third-order valence-electron chi connectivity index (χ3n) is 3.22. The molecule has 1 unspecified atom stereocenters. The quantitative estimate of drug-likeness (QED) is 0.783. The Morgan fingerprint density at radius 3 is 3.16 bits per heavy atom. The lowest BCUT2D eigenvalue weighted by Crippen LogP contribution is -2.37. The fraction of sp³-hybridized carbons (Fsp3) is 0.500. The maximum Gasteiger partial charge on any atom is 0.225 e. The molecule has 19 heavy (non-hydrogen) atoms. The molecule has 0 radical (unpaired) electrons. The lowest BCUT2D eigenvalue weighted by atomic mass is 10.0. The molecule has 1 saturated heterocycles. The normalized spacial score (nSPS) is 22.8. The standard InChI is InChI=1S/C12H16N4O2S/c1-13-11-15-9(8-2-5-19-10(8)16-11)14-6-12(17)3-4-18-7-12/h2,5,17H,3-4,6-7H2,1H3,(H2,13,14,15,16). The first kappa shape index (κ1) is 12.6. The molecule has 6 nitrogen and oxygen atoms in total. The highest BCUT2D eigenvalue weighted by Crippen LogP contribution is 2.27. The number of hydrogen-bond donors (Lipinski definition) is 3. The van der Waals surface area contributed by atoms with E-state index < -0.39 is 5.60 Å². The maximum absolute atomic E-state index is 10.3. The number of fused-ring (bicyclic) bond motifs is 1. The van der Waals surface area contributed by atoms with Gasteiger partial charge in [0.2, 0.25) is 5.95 Å². The summed E-state index contributed by atoms with van der Waals surface area (Å²) in [6.07, 6.45) is 0.650.